The minimum absolute atomic E-state index is 0.0134. The lowest BCUT2D eigenvalue weighted by Crippen LogP contribution is -2.29. The van der Waals surface area contributed by atoms with Crippen LogP contribution >= 0.6 is 0 Å². The number of likely N-dealkylation sites (tertiary alicyclic amines) is 1. The van der Waals surface area contributed by atoms with E-state index in [1.807, 2.05) is 15.9 Å². The summed E-state index contributed by atoms with van der Waals surface area (Å²) in [6, 6.07) is 14.2. The Hall–Kier alpha value is -4.14. The van der Waals surface area contributed by atoms with Crippen LogP contribution in [-0.2, 0) is 0 Å². The highest BCUT2D eigenvalue weighted by Gasteiger charge is 2.28. The second-order valence-electron chi connectivity index (χ2n) is 8.35. The molecule has 0 spiro atoms. The molecule has 2 aliphatic rings. The Labute approximate surface area is 197 Å². The molecule has 0 bridgehead atoms. The van der Waals surface area contributed by atoms with Gasteiger partial charge in [0, 0.05) is 36.2 Å². The number of nitrogen functional groups attached to an aromatic ring is 1. The highest BCUT2D eigenvalue weighted by Crippen LogP contribution is 2.38. The van der Waals surface area contributed by atoms with Crippen LogP contribution in [0, 0.1) is 0 Å². The number of benzene rings is 2. The van der Waals surface area contributed by atoms with Crippen LogP contribution in [0.4, 0.5) is 22.9 Å². The number of aromatic nitrogens is 1. The van der Waals surface area contributed by atoms with Crippen molar-refractivity contribution in [1.29, 1.82) is 0 Å². The number of hydrogen-bond acceptors (Lipinski definition) is 6. The number of hydrogen-bond donors (Lipinski definition) is 3. The number of carbonyl (C=O) groups excluding carboxylic acids is 2. The molecule has 3 aromatic rings. The zero-order valence-electron chi connectivity index (χ0n) is 19.0. The van der Waals surface area contributed by atoms with Crippen LogP contribution in [0.25, 0.3) is 0 Å². The van der Waals surface area contributed by atoms with Crippen LogP contribution in [0.3, 0.4) is 0 Å². The standard InChI is InChI=1S/C25H27N5O4/c1-33-18-7-4-16(5-8-18)27-24(31)19-9-6-17(14-20(19)26)30-12-13-34-22-15-21(28-23(22)30)25(32)29-10-2-3-11-29/h4-9,14-15,28H,2-3,10-13,26H2,1H3,(H,27,31). The van der Waals surface area contributed by atoms with Gasteiger partial charge < -0.3 is 35.3 Å². The van der Waals surface area contributed by atoms with E-state index in [0.717, 1.165) is 31.6 Å². The molecule has 2 aromatic carbocycles. The van der Waals surface area contributed by atoms with Crippen molar-refractivity contribution >= 4 is 34.7 Å². The van der Waals surface area contributed by atoms with Gasteiger partial charge >= 0.3 is 0 Å². The molecule has 0 aliphatic carbocycles. The first kappa shape index (κ1) is 21.7. The summed E-state index contributed by atoms with van der Waals surface area (Å²) >= 11 is 0. The van der Waals surface area contributed by atoms with Crippen molar-refractivity contribution in [3.8, 4) is 11.5 Å². The van der Waals surface area contributed by atoms with Gasteiger partial charge in [0.25, 0.3) is 11.8 Å². The molecular weight excluding hydrogens is 434 g/mol. The van der Waals surface area contributed by atoms with E-state index in [2.05, 4.69) is 10.3 Å². The fourth-order valence-electron chi connectivity index (χ4n) is 4.36. The number of aromatic amines is 1. The first-order valence-corrected chi connectivity index (χ1v) is 11.3. The number of nitrogens with two attached hydrogens (primary N) is 1. The zero-order chi connectivity index (χ0) is 23.7. The molecule has 1 saturated heterocycles. The molecule has 5 rings (SSSR count). The molecular formula is C25H27N5O4. The third-order valence-electron chi connectivity index (χ3n) is 6.17. The Morgan fingerprint density at radius 2 is 1.82 bits per heavy atom. The van der Waals surface area contributed by atoms with Crippen LogP contribution < -0.4 is 25.4 Å². The predicted molar refractivity (Wildman–Crippen MR) is 130 cm³/mol. The van der Waals surface area contributed by atoms with Crippen molar-refractivity contribution in [3.63, 3.8) is 0 Å². The molecule has 1 aromatic heterocycles. The quantitative estimate of drug-likeness (QED) is 0.500. The number of carbonyl (C=O) groups is 2. The van der Waals surface area contributed by atoms with Gasteiger partial charge in [-0.2, -0.15) is 0 Å². The summed E-state index contributed by atoms with van der Waals surface area (Å²) in [7, 11) is 1.59. The van der Waals surface area contributed by atoms with Gasteiger partial charge in [-0.05, 0) is 55.3 Å². The van der Waals surface area contributed by atoms with Crippen LogP contribution in [0.1, 0.15) is 33.7 Å². The second kappa shape index (κ2) is 9.01. The normalized spacial score (nSPS) is 15.0. The van der Waals surface area contributed by atoms with Gasteiger partial charge in [-0.15, -0.1) is 0 Å². The molecule has 34 heavy (non-hydrogen) atoms. The molecule has 9 nitrogen and oxygen atoms in total. The predicted octanol–water partition coefficient (Wildman–Crippen LogP) is 3.62. The highest BCUT2D eigenvalue weighted by molar-refractivity contribution is 6.08. The van der Waals surface area contributed by atoms with E-state index in [1.54, 1.807) is 49.6 Å². The van der Waals surface area contributed by atoms with Gasteiger partial charge in [-0.1, -0.05) is 0 Å². The molecule has 3 heterocycles. The summed E-state index contributed by atoms with van der Waals surface area (Å²) in [5.41, 5.74) is 8.98. The molecule has 0 atom stereocenters. The van der Waals surface area contributed by atoms with E-state index in [-0.39, 0.29) is 11.8 Å². The third kappa shape index (κ3) is 4.12. The van der Waals surface area contributed by atoms with E-state index in [0.29, 0.717) is 53.1 Å². The van der Waals surface area contributed by atoms with Crippen LogP contribution in [-0.4, -0.2) is 55.0 Å². The molecule has 4 N–H and O–H groups in total. The number of rotatable bonds is 5. The first-order valence-electron chi connectivity index (χ1n) is 11.3. The summed E-state index contributed by atoms with van der Waals surface area (Å²) < 4.78 is 10.9. The summed E-state index contributed by atoms with van der Waals surface area (Å²) in [4.78, 5) is 32.7. The average molecular weight is 462 g/mol. The lowest BCUT2D eigenvalue weighted by atomic mass is 10.1. The van der Waals surface area contributed by atoms with Crippen molar-refractivity contribution < 1.29 is 19.1 Å². The number of nitrogens with one attached hydrogen (secondary N) is 2. The Kier molecular flexibility index (Phi) is 5.75. The van der Waals surface area contributed by atoms with Gasteiger partial charge in [0.05, 0.1) is 19.2 Å². The second-order valence-corrected chi connectivity index (χ2v) is 8.35. The number of H-pyrrole nitrogens is 1. The number of fused-ring (bicyclic) bond motifs is 1. The number of amides is 2. The molecule has 0 radical (unpaired) electrons. The maximum absolute atomic E-state index is 12.8. The number of ether oxygens (including phenoxy) is 2. The third-order valence-corrected chi connectivity index (χ3v) is 6.17. The lowest BCUT2D eigenvalue weighted by molar-refractivity contribution is 0.0787. The molecule has 2 aliphatic heterocycles. The van der Waals surface area contributed by atoms with E-state index in [1.165, 1.54) is 0 Å². The number of nitrogens with zero attached hydrogens (tertiary/aromatic N) is 2. The average Bonchev–Trinajstić information content (AvgIpc) is 3.54. The topological polar surface area (TPSA) is 113 Å². The molecule has 2 amide bonds. The molecule has 0 saturated carbocycles. The van der Waals surface area contributed by atoms with E-state index < -0.39 is 0 Å². The van der Waals surface area contributed by atoms with E-state index in [4.69, 9.17) is 15.2 Å². The molecule has 9 heteroatoms. The lowest BCUT2D eigenvalue weighted by Gasteiger charge is -2.29. The monoisotopic (exact) mass is 461 g/mol. The van der Waals surface area contributed by atoms with Crippen molar-refractivity contribution in [1.82, 2.24) is 9.88 Å². The number of anilines is 4. The van der Waals surface area contributed by atoms with Gasteiger partial charge in [-0.3, -0.25) is 9.59 Å². The Bertz CT molecular complexity index is 1210. The molecule has 1 fully saturated rings. The fraction of sp³-hybridized carbons (Fsp3) is 0.280. The Morgan fingerprint density at radius 3 is 2.53 bits per heavy atom. The van der Waals surface area contributed by atoms with Crippen molar-refractivity contribution in [2.24, 2.45) is 0 Å². The SMILES string of the molecule is COc1ccc(NC(=O)c2ccc(N3CCOc4cc(C(=O)N5CCCC5)[nH]c43)cc2N)cc1. The van der Waals surface area contributed by atoms with Crippen molar-refractivity contribution in [2.75, 3.05) is 49.3 Å². The maximum Gasteiger partial charge on any atom is 0.270 e. The Morgan fingerprint density at radius 1 is 1.06 bits per heavy atom. The summed E-state index contributed by atoms with van der Waals surface area (Å²) in [5.74, 6) is 1.74. The van der Waals surface area contributed by atoms with E-state index in [9.17, 15) is 9.59 Å². The van der Waals surface area contributed by atoms with Gasteiger partial charge in [-0.25, -0.2) is 0 Å². The highest BCUT2D eigenvalue weighted by atomic mass is 16.5. The maximum atomic E-state index is 12.8. The summed E-state index contributed by atoms with van der Waals surface area (Å²) in [5, 5.41) is 2.85. The van der Waals surface area contributed by atoms with Crippen molar-refractivity contribution in [3.05, 3.63) is 59.8 Å². The Balaban J connectivity index is 1.35. The summed E-state index contributed by atoms with van der Waals surface area (Å²) in [6.45, 7) is 2.62. The minimum atomic E-state index is -0.296. The van der Waals surface area contributed by atoms with Gasteiger partial charge in [0.2, 0.25) is 0 Å². The largest absolute Gasteiger partial charge is 0.497 e. The molecule has 0 unspecified atom stereocenters. The van der Waals surface area contributed by atoms with Crippen LogP contribution in [0.2, 0.25) is 0 Å². The van der Waals surface area contributed by atoms with E-state index >= 15 is 0 Å². The molecule has 176 valence electrons. The van der Waals surface area contributed by atoms with Gasteiger partial charge in [0.15, 0.2) is 11.6 Å². The summed E-state index contributed by atoms with van der Waals surface area (Å²) in [6.07, 6.45) is 2.07. The fourth-order valence-corrected chi connectivity index (χ4v) is 4.36. The van der Waals surface area contributed by atoms with Crippen LogP contribution in [0.15, 0.2) is 48.5 Å². The number of methoxy groups -OCH3 is 1. The smallest absolute Gasteiger partial charge is 0.270 e. The van der Waals surface area contributed by atoms with Crippen molar-refractivity contribution in [2.45, 2.75) is 12.8 Å². The van der Waals surface area contributed by atoms with Crippen LogP contribution in [0.5, 0.6) is 11.5 Å². The van der Waals surface area contributed by atoms with Gasteiger partial charge in [0.1, 0.15) is 18.1 Å². The first-order chi connectivity index (χ1) is 16.5. The zero-order valence-corrected chi connectivity index (χ0v) is 19.0. The minimum Gasteiger partial charge on any atom is -0.497 e.